The summed E-state index contributed by atoms with van der Waals surface area (Å²) in [4.78, 5) is 15.8. The third-order valence-electron chi connectivity index (χ3n) is 3.05. The Morgan fingerprint density at radius 1 is 1.15 bits per heavy atom. The summed E-state index contributed by atoms with van der Waals surface area (Å²) in [6, 6.07) is 8.63. The summed E-state index contributed by atoms with van der Waals surface area (Å²) < 4.78 is 17.7. The number of pyridine rings is 1. The number of hydrogen-bond donors (Lipinski definition) is 1. The molecule has 1 aromatic heterocycles. The number of esters is 1. The average molecular weight is 275 g/mol. The molecule has 0 aliphatic rings. The van der Waals surface area contributed by atoms with Gasteiger partial charge in [-0.05, 0) is 35.4 Å². The third-order valence-corrected chi connectivity index (χ3v) is 3.05. The van der Waals surface area contributed by atoms with Crippen LogP contribution in [-0.2, 0) is 9.53 Å². The van der Waals surface area contributed by atoms with Crippen molar-refractivity contribution in [3.63, 3.8) is 0 Å². The van der Waals surface area contributed by atoms with Crippen LogP contribution in [0.1, 0.15) is 23.1 Å². The molecular formula is C15H14FNO3. The average Bonchev–Trinajstić information content (AvgIpc) is 2.50. The first kappa shape index (κ1) is 14.1. The number of benzene rings is 1. The second-order valence-electron chi connectivity index (χ2n) is 4.28. The summed E-state index contributed by atoms with van der Waals surface area (Å²) in [7, 11) is 1.25. The summed E-state index contributed by atoms with van der Waals surface area (Å²) in [5.41, 5.74) is 1.03. The molecular weight excluding hydrogens is 261 g/mol. The lowest BCUT2D eigenvalue weighted by Crippen LogP contribution is -2.21. The van der Waals surface area contributed by atoms with E-state index in [2.05, 4.69) is 4.98 Å². The second kappa shape index (κ2) is 6.25. The molecule has 5 heteroatoms. The van der Waals surface area contributed by atoms with Crippen molar-refractivity contribution in [2.45, 2.75) is 12.0 Å². The molecule has 2 aromatic rings. The van der Waals surface area contributed by atoms with Gasteiger partial charge < -0.3 is 9.84 Å². The number of hydrogen-bond acceptors (Lipinski definition) is 4. The monoisotopic (exact) mass is 275 g/mol. The van der Waals surface area contributed by atoms with Gasteiger partial charge in [0.2, 0.25) is 0 Å². The topological polar surface area (TPSA) is 59.4 Å². The summed E-state index contributed by atoms with van der Waals surface area (Å²) in [6.45, 7) is 0. The fraction of sp³-hybridized carbons (Fsp3) is 0.200. The minimum atomic E-state index is -1.09. The van der Waals surface area contributed by atoms with Gasteiger partial charge in [-0.25, -0.2) is 4.39 Å². The van der Waals surface area contributed by atoms with E-state index >= 15 is 0 Å². The molecule has 1 N–H and O–H groups in total. The standard InChI is InChI=1S/C15H14FNO3/c1-20-15(19)13(10-2-4-12(16)5-3-10)14(18)11-6-8-17-9-7-11/h2-9,13-14,18H,1H3. The van der Waals surface area contributed by atoms with Gasteiger partial charge in [0.05, 0.1) is 13.2 Å². The highest BCUT2D eigenvalue weighted by Gasteiger charge is 2.30. The van der Waals surface area contributed by atoms with Crippen LogP contribution in [0.15, 0.2) is 48.8 Å². The van der Waals surface area contributed by atoms with Crippen LogP contribution in [0, 0.1) is 5.82 Å². The molecule has 0 saturated heterocycles. The fourth-order valence-electron chi connectivity index (χ4n) is 2.00. The molecule has 0 radical (unpaired) electrons. The molecule has 20 heavy (non-hydrogen) atoms. The van der Waals surface area contributed by atoms with Gasteiger partial charge in [-0.15, -0.1) is 0 Å². The van der Waals surface area contributed by atoms with Gasteiger partial charge in [-0.3, -0.25) is 9.78 Å². The van der Waals surface area contributed by atoms with Crippen LogP contribution < -0.4 is 0 Å². The van der Waals surface area contributed by atoms with Gasteiger partial charge in [-0.1, -0.05) is 12.1 Å². The maximum Gasteiger partial charge on any atom is 0.316 e. The molecule has 0 saturated carbocycles. The van der Waals surface area contributed by atoms with Crippen molar-refractivity contribution < 1.29 is 19.0 Å². The maximum atomic E-state index is 13.0. The first-order valence-electron chi connectivity index (χ1n) is 6.04. The van der Waals surface area contributed by atoms with E-state index in [1.807, 2.05) is 0 Å². The zero-order valence-corrected chi connectivity index (χ0v) is 10.9. The normalized spacial score (nSPS) is 13.6. The largest absolute Gasteiger partial charge is 0.468 e. The van der Waals surface area contributed by atoms with Crippen LogP contribution in [0.2, 0.25) is 0 Å². The van der Waals surface area contributed by atoms with E-state index in [-0.39, 0.29) is 0 Å². The number of aliphatic hydroxyl groups is 1. The van der Waals surface area contributed by atoms with Crippen molar-refractivity contribution >= 4 is 5.97 Å². The summed E-state index contributed by atoms with van der Waals surface area (Å²) in [5.74, 6) is -1.90. The minimum Gasteiger partial charge on any atom is -0.468 e. The number of aliphatic hydroxyl groups excluding tert-OH is 1. The van der Waals surface area contributed by atoms with Gasteiger partial charge in [0.1, 0.15) is 11.7 Å². The van der Waals surface area contributed by atoms with Crippen molar-refractivity contribution in [1.29, 1.82) is 0 Å². The highest BCUT2D eigenvalue weighted by Crippen LogP contribution is 2.31. The van der Waals surface area contributed by atoms with Crippen molar-refractivity contribution in [1.82, 2.24) is 4.98 Å². The molecule has 0 amide bonds. The summed E-state index contributed by atoms with van der Waals surface area (Å²) >= 11 is 0. The zero-order valence-electron chi connectivity index (χ0n) is 10.9. The number of methoxy groups -OCH3 is 1. The van der Waals surface area contributed by atoms with Gasteiger partial charge in [0.25, 0.3) is 0 Å². The minimum absolute atomic E-state index is 0.407. The van der Waals surface area contributed by atoms with Gasteiger partial charge in [-0.2, -0.15) is 0 Å². The highest BCUT2D eigenvalue weighted by molar-refractivity contribution is 5.79. The van der Waals surface area contributed by atoms with Gasteiger partial charge >= 0.3 is 5.97 Å². The Morgan fingerprint density at radius 3 is 2.30 bits per heavy atom. The van der Waals surface area contributed by atoms with E-state index in [0.717, 1.165) is 0 Å². The van der Waals surface area contributed by atoms with E-state index < -0.39 is 23.8 Å². The first-order valence-corrected chi connectivity index (χ1v) is 6.04. The number of rotatable bonds is 4. The fourth-order valence-corrected chi connectivity index (χ4v) is 2.00. The Balaban J connectivity index is 2.38. The van der Waals surface area contributed by atoms with Crippen molar-refractivity contribution in [2.24, 2.45) is 0 Å². The Morgan fingerprint density at radius 2 is 1.75 bits per heavy atom. The molecule has 0 aliphatic carbocycles. The van der Waals surface area contributed by atoms with Crippen LogP contribution in [0.5, 0.6) is 0 Å². The molecule has 0 bridgehead atoms. The van der Waals surface area contributed by atoms with Crippen LogP contribution in [0.25, 0.3) is 0 Å². The first-order chi connectivity index (χ1) is 9.63. The lowest BCUT2D eigenvalue weighted by molar-refractivity contribution is -0.145. The Labute approximate surface area is 115 Å². The Hall–Kier alpha value is -2.27. The molecule has 1 aromatic carbocycles. The molecule has 2 rings (SSSR count). The molecule has 0 spiro atoms. The molecule has 2 unspecified atom stereocenters. The SMILES string of the molecule is COC(=O)C(c1ccc(F)cc1)C(O)c1ccncc1. The lowest BCUT2D eigenvalue weighted by atomic mass is 9.89. The molecule has 1 heterocycles. The van der Waals surface area contributed by atoms with Gasteiger partial charge in [0.15, 0.2) is 0 Å². The zero-order chi connectivity index (χ0) is 14.5. The second-order valence-corrected chi connectivity index (χ2v) is 4.28. The number of aromatic nitrogens is 1. The number of halogens is 1. The van der Waals surface area contributed by atoms with Crippen LogP contribution >= 0.6 is 0 Å². The quantitative estimate of drug-likeness (QED) is 0.869. The summed E-state index contributed by atoms with van der Waals surface area (Å²) in [6.07, 6.45) is 1.96. The molecule has 0 aliphatic heterocycles. The van der Waals surface area contributed by atoms with Crippen LogP contribution in [0.4, 0.5) is 4.39 Å². The number of carbonyl (C=O) groups excluding carboxylic acids is 1. The number of ether oxygens (including phenoxy) is 1. The van der Waals surface area contributed by atoms with E-state index in [1.165, 1.54) is 43.8 Å². The highest BCUT2D eigenvalue weighted by atomic mass is 19.1. The third kappa shape index (κ3) is 3.00. The lowest BCUT2D eigenvalue weighted by Gasteiger charge is -2.21. The molecule has 2 atom stereocenters. The maximum absolute atomic E-state index is 13.0. The van der Waals surface area contributed by atoms with E-state index in [0.29, 0.717) is 11.1 Å². The predicted molar refractivity (Wildman–Crippen MR) is 70.4 cm³/mol. The Bertz CT molecular complexity index is 571. The predicted octanol–water partition coefficient (Wildman–Crippen LogP) is 2.21. The van der Waals surface area contributed by atoms with E-state index in [9.17, 15) is 14.3 Å². The smallest absolute Gasteiger partial charge is 0.316 e. The van der Waals surface area contributed by atoms with E-state index in [4.69, 9.17) is 4.74 Å². The van der Waals surface area contributed by atoms with Crippen molar-refractivity contribution in [3.8, 4) is 0 Å². The van der Waals surface area contributed by atoms with Crippen molar-refractivity contribution in [3.05, 3.63) is 65.7 Å². The molecule has 0 fully saturated rings. The number of carbonyl (C=O) groups is 1. The van der Waals surface area contributed by atoms with Crippen molar-refractivity contribution in [2.75, 3.05) is 7.11 Å². The summed E-state index contributed by atoms with van der Waals surface area (Å²) in [5, 5.41) is 10.4. The van der Waals surface area contributed by atoms with E-state index in [1.54, 1.807) is 12.1 Å². The molecule has 104 valence electrons. The molecule has 4 nitrogen and oxygen atoms in total. The van der Waals surface area contributed by atoms with Gasteiger partial charge in [0, 0.05) is 12.4 Å². The number of nitrogens with zero attached hydrogens (tertiary/aromatic N) is 1. The van der Waals surface area contributed by atoms with Crippen LogP contribution in [-0.4, -0.2) is 23.2 Å². The Kier molecular flexibility index (Phi) is 4.42. The van der Waals surface area contributed by atoms with Crippen LogP contribution in [0.3, 0.4) is 0 Å².